The van der Waals surface area contributed by atoms with Crippen molar-refractivity contribution in [2.75, 3.05) is 20.3 Å². The summed E-state index contributed by atoms with van der Waals surface area (Å²) in [5, 5.41) is 12.3. The summed E-state index contributed by atoms with van der Waals surface area (Å²) in [5.74, 6) is 0.700. The molecule has 0 aliphatic rings. The Kier molecular flexibility index (Phi) is 7.31. The third kappa shape index (κ3) is 5.09. The Morgan fingerprint density at radius 1 is 1.21 bits per heavy atom. The highest BCUT2D eigenvalue weighted by Crippen LogP contribution is 2.30. The van der Waals surface area contributed by atoms with E-state index in [2.05, 4.69) is 5.32 Å². The zero-order valence-corrected chi connectivity index (χ0v) is 14.3. The van der Waals surface area contributed by atoms with Crippen LogP contribution < -0.4 is 14.8 Å². The lowest BCUT2D eigenvalue weighted by Gasteiger charge is -2.13. The first-order valence-electron chi connectivity index (χ1n) is 7.70. The Balaban J connectivity index is 2.02. The second kappa shape index (κ2) is 9.47. The SMILES string of the molecule is COc1cc(CNCCCO)ccc1OCc1c(F)cccc1Cl. The van der Waals surface area contributed by atoms with Crippen molar-refractivity contribution < 1.29 is 19.0 Å². The molecule has 0 aromatic heterocycles. The molecule has 0 bridgehead atoms. The number of nitrogens with one attached hydrogen (secondary N) is 1. The van der Waals surface area contributed by atoms with Crippen LogP contribution in [0.5, 0.6) is 11.5 Å². The average Bonchev–Trinajstić information content (AvgIpc) is 2.59. The molecule has 0 atom stereocenters. The standard InChI is InChI=1S/C18H21ClFNO3/c1-23-18-10-13(11-21-8-3-9-22)6-7-17(18)24-12-14-15(19)4-2-5-16(14)20/h2,4-7,10,21-22H,3,8-9,11-12H2,1H3. The molecule has 2 N–H and O–H groups in total. The van der Waals surface area contributed by atoms with Gasteiger partial charge in [0.15, 0.2) is 11.5 Å². The van der Waals surface area contributed by atoms with E-state index in [0.717, 1.165) is 12.1 Å². The van der Waals surface area contributed by atoms with Crippen LogP contribution in [-0.4, -0.2) is 25.4 Å². The lowest BCUT2D eigenvalue weighted by molar-refractivity contribution is 0.279. The molecule has 0 fully saturated rings. The maximum absolute atomic E-state index is 13.8. The highest BCUT2D eigenvalue weighted by Gasteiger charge is 2.10. The lowest BCUT2D eigenvalue weighted by atomic mass is 10.2. The number of hydrogen-bond acceptors (Lipinski definition) is 4. The molecule has 2 aromatic carbocycles. The second-order valence-electron chi connectivity index (χ2n) is 5.23. The number of halogens is 2. The number of benzene rings is 2. The van der Waals surface area contributed by atoms with E-state index in [1.807, 2.05) is 12.1 Å². The largest absolute Gasteiger partial charge is 0.493 e. The summed E-state index contributed by atoms with van der Waals surface area (Å²) in [7, 11) is 1.56. The number of ether oxygens (including phenoxy) is 2. The van der Waals surface area contributed by atoms with E-state index in [0.29, 0.717) is 35.1 Å². The van der Waals surface area contributed by atoms with Gasteiger partial charge in [-0.3, -0.25) is 0 Å². The zero-order valence-electron chi connectivity index (χ0n) is 13.5. The molecule has 0 aliphatic heterocycles. The molecule has 2 rings (SSSR count). The van der Waals surface area contributed by atoms with Crippen molar-refractivity contribution in [1.29, 1.82) is 0 Å². The predicted molar refractivity (Wildman–Crippen MR) is 92.1 cm³/mol. The van der Waals surface area contributed by atoms with Gasteiger partial charge in [0.1, 0.15) is 12.4 Å². The third-order valence-electron chi connectivity index (χ3n) is 3.50. The zero-order chi connectivity index (χ0) is 17.4. The highest BCUT2D eigenvalue weighted by molar-refractivity contribution is 6.31. The van der Waals surface area contributed by atoms with Gasteiger partial charge in [0.05, 0.1) is 12.1 Å². The minimum absolute atomic E-state index is 0.0238. The fourth-order valence-corrected chi connectivity index (χ4v) is 2.42. The molecule has 0 heterocycles. The number of methoxy groups -OCH3 is 1. The van der Waals surface area contributed by atoms with Crippen LogP contribution >= 0.6 is 11.6 Å². The molecule has 130 valence electrons. The van der Waals surface area contributed by atoms with E-state index in [-0.39, 0.29) is 13.2 Å². The first kappa shape index (κ1) is 18.5. The van der Waals surface area contributed by atoms with Gasteiger partial charge in [-0.25, -0.2) is 4.39 Å². The van der Waals surface area contributed by atoms with Crippen LogP contribution in [0.2, 0.25) is 5.02 Å². The van der Waals surface area contributed by atoms with Crippen molar-refractivity contribution in [3.63, 3.8) is 0 Å². The molecule has 24 heavy (non-hydrogen) atoms. The Labute approximate surface area is 146 Å². The van der Waals surface area contributed by atoms with Crippen LogP contribution in [0.1, 0.15) is 17.5 Å². The average molecular weight is 354 g/mol. The number of aliphatic hydroxyl groups excluding tert-OH is 1. The maximum Gasteiger partial charge on any atom is 0.161 e. The summed E-state index contributed by atoms with van der Waals surface area (Å²) in [6.07, 6.45) is 0.710. The topological polar surface area (TPSA) is 50.7 Å². The first-order valence-corrected chi connectivity index (χ1v) is 8.07. The smallest absolute Gasteiger partial charge is 0.161 e. The Bertz CT molecular complexity index is 646. The molecule has 2 aromatic rings. The normalized spacial score (nSPS) is 10.7. The van der Waals surface area contributed by atoms with Gasteiger partial charge in [-0.1, -0.05) is 23.7 Å². The molecule has 0 unspecified atom stereocenters. The van der Waals surface area contributed by atoms with Crippen LogP contribution in [0, 0.1) is 5.82 Å². The number of hydrogen-bond donors (Lipinski definition) is 2. The minimum atomic E-state index is -0.397. The van der Waals surface area contributed by atoms with Crippen LogP contribution in [0.3, 0.4) is 0 Å². The van der Waals surface area contributed by atoms with Crippen LogP contribution in [0.4, 0.5) is 4.39 Å². The van der Waals surface area contributed by atoms with Crippen molar-refractivity contribution in [2.45, 2.75) is 19.6 Å². The molecule has 0 saturated heterocycles. The predicted octanol–water partition coefficient (Wildman–Crippen LogP) is 3.54. The summed E-state index contributed by atoms with van der Waals surface area (Å²) in [6.45, 7) is 1.59. The third-order valence-corrected chi connectivity index (χ3v) is 3.86. The van der Waals surface area contributed by atoms with Crippen molar-refractivity contribution >= 4 is 11.6 Å². The van der Waals surface area contributed by atoms with E-state index in [1.54, 1.807) is 25.3 Å². The van der Waals surface area contributed by atoms with Crippen molar-refractivity contribution in [1.82, 2.24) is 5.32 Å². The molecule has 6 heteroatoms. The van der Waals surface area contributed by atoms with E-state index in [1.165, 1.54) is 6.07 Å². The minimum Gasteiger partial charge on any atom is -0.493 e. The van der Waals surface area contributed by atoms with Gasteiger partial charge in [-0.15, -0.1) is 0 Å². The second-order valence-corrected chi connectivity index (χ2v) is 5.64. The summed E-state index contributed by atoms with van der Waals surface area (Å²) < 4.78 is 24.8. The number of aliphatic hydroxyl groups is 1. The molecule has 0 saturated carbocycles. The fourth-order valence-electron chi connectivity index (χ4n) is 2.20. The van der Waals surface area contributed by atoms with Crippen LogP contribution in [0.15, 0.2) is 36.4 Å². The van der Waals surface area contributed by atoms with E-state index < -0.39 is 5.82 Å². The van der Waals surface area contributed by atoms with Gasteiger partial charge in [0, 0.05) is 18.7 Å². The molecular formula is C18H21ClFNO3. The fraction of sp³-hybridized carbons (Fsp3) is 0.333. The number of rotatable bonds is 9. The maximum atomic E-state index is 13.8. The van der Waals surface area contributed by atoms with Crippen molar-refractivity contribution in [3.05, 3.63) is 58.4 Å². The van der Waals surface area contributed by atoms with Gasteiger partial charge in [-0.05, 0) is 42.8 Å². The van der Waals surface area contributed by atoms with Crippen molar-refractivity contribution in [3.8, 4) is 11.5 Å². The Morgan fingerprint density at radius 2 is 2.04 bits per heavy atom. The van der Waals surface area contributed by atoms with Gasteiger partial charge in [-0.2, -0.15) is 0 Å². The first-order chi connectivity index (χ1) is 11.7. The van der Waals surface area contributed by atoms with E-state index in [4.69, 9.17) is 26.2 Å². The Hall–Kier alpha value is -1.82. The van der Waals surface area contributed by atoms with Gasteiger partial charge in [0.25, 0.3) is 0 Å². The van der Waals surface area contributed by atoms with Crippen molar-refractivity contribution in [2.24, 2.45) is 0 Å². The van der Waals surface area contributed by atoms with Gasteiger partial charge in [0.2, 0.25) is 0 Å². The van der Waals surface area contributed by atoms with Gasteiger partial charge >= 0.3 is 0 Å². The molecular weight excluding hydrogens is 333 g/mol. The monoisotopic (exact) mass is 353 g/mol. The summed E-state index contributed by atoms with van der Waals surface area (Å²) in [4.78, 5) is 0. The molecule has 0 spiro atoms. The summed E-state index contributed by atoms with van der Waals surface area (Å²) in [5.41, 5.74) is 1.34. The van der Waals surface area contributed by atoms with E-state index >= 15 is 0 Å². The summed E-state index contributed by atoms with van der Waals surface area (Å²) in [6, 6.07) is 10.1. The molecule has 4 nitrogen and oxygen atoms in total. The van der Waals surface area contributed by atoms with Gasteiger partial charge < -0.3 is 19.9 Å². The molecule has 0 radical (unpaired) electrons. The van der Waals surface area contributed by atoms with E-state index in [9.17, 15) is 4.39 Å². The molecule has 0 aliphatic carbocycles. The van der Waals surface area contributed by atoms with Crippen LogP contribution in [-0.2, 0) is 13.2 Å². The summed E-state index contributed by atoms with van der Waals surface area (Å²) >= 11 is 6.00. The quantitative estimate of drug-likeness (QED) is 0.677. The molecule has 0 amide bonds. The Morgan fingerprint density at radius 3 is 2.75 bits per heavy atom. The van der Waals surface area contributed by atoms with Crippen LogP contribution in [0.25, 0.3) is 0 Å². The highest BCUT2D eigenvalue weighted by atomic mass is 35.5. The lowest BCUT2D eigenvalue weighted by Crippen LogP contribution is -2.15.